The fourth-order valence-corrected chi connectivity index (χ4v) is 3.37. The Hall–Kier alpha value is 0.290. The van der Waals surface area contributed by atoms with Crippen LogP contribution in [-0.4, -0.2) is 27.5 Å². The van der Waals surface area contributed by atoms with Gasteiger partial charge in [-0.25, -0.2) is 0 Å². The summed E-state index contributed by atoms with van der Waals surface area (Å²) in [6, 6.07) is -0.0354. The van der Waals surface area contributed by atoms with Crippen LogP contribution in [-0.2, 0) is 4.79 Å². The third kappa shape index (κ3) is 3.12. The predicted molar refractivity (Wildman–Crippen MR) is 72.2 cm³/mol. The highest BCUT2D eigenvalue weighted by Gasteiger charge is 2.45. The average molecular weight is 250 g/mol. The van der Waals surface area contributed by atoms with Gasteiger partial charge < -0.3 is 4.67 Å². The maximum absolute atomic E-state index is 11.6. The first-order valence-electron chi connectivity index (χ1n) is 5.37. The third-order valence-electron chi connectivity index (χ3n) is 2.38. The summed E-state index contributed by atoms with van der Waals surface area (Å²) in [5.41, 5.74) is 0.0733. The summed E-state index contributed by atoms with van der Waals surface area (Å²) in [5, 5.41) is 0. The number of carbonyl (C=O) groups excluding carboxylic acids is 1. The van der Waals surface area contributed by atoms with Crippen molar-refractivity contribution in [1.82, 2.24) is 9.34 Å². The van der Waals surface area contributed by atoms with Crippen molar-refractivity contribution in [2.75, 3.05) is 0 Å². The highest BCUT2D eigenvalue weighted by Crippen LogP contribution is 2.38. The smallest absolute Gasteiger partial charge is 0.244 e. The van der Waals surface area contributed by atoms with Crippen LogP contribution < -0.4 is 0 Å². The van der Waals surface area contributed by atoms with Crippen molar-refractivity contribution in [3.8, 4) is 0 Å². The first-order chi connectivity index (χ1) is 6.76. The van der Waals surface area contributed by atoms with Crippen molar-refractivity contribution in [3.63, 3.8) is 0 Å². The molecule has 0 spiro atoms. The molecule has 0 saturated carbocycles. The highest BCUT2D eigenvalue weighted by atomic mass is 31.0. The molecule has 0 bridgehead atoms. The molecular formula is C10H24N2OP2. The molecule has 0 aliphatic carbocycles. The molecule has 0 aromatic carbocycles. The summed E-state index contributed by atoms with van der Waals surface area (Å²) in [6.07, 6.45) is 0.144. The molecule has 1 rings (SSSR count). The Morgan fingerprint density at radius 1 is 1.20 bits per heavy atom. The first kappa shape index (κ1) is 15.3. The molecule has 0 aromatic rings. The number of rotatable bonds is 0. The Balaban J connectivity index is 0.000000921. The highest BCUT2D eigenvalue weighted by molar-refractivity contribution is 7.16. The van der Waals surface area contributed by atoms with Crippen molar-refractivity contribution >= 4 is 24.7 Å². The fraction of sp³-hybridized carbons (Fsp3) is 0.900. The van der Waals surface area contributed by atoms with Gasteiger partial charge in [0.05, 0.1) is 12.2 Å². The lowest BCUT2D eigenvalue weighted by Crippen LogP contribution is -2.41. The van der Waals surface area contributed by atoms with E-state index in [9.17, 15) is 4.79 Å². The van der Waals surface area contributed by atoms with Gasteiger partial charge in [-0.05, 0) is 21.7 Å². The minimum absolute atomic E-state index is 0.0354. The van der Waals surface area contributed by atoms with Crippen LogP contribution in [0.15, 0.2) is 0 Å². The van der Waals surface area contributed by atoms with Crippen molar-refractivity contribution < 1.29 is 4.79 Å². The summed E-state index contributed by atoms with van der Waals surface area (Å²) < 4.78 is 3.78. The first-order valence-corrected chi connectivity index (χ1v) is 6.41. The Kier molecular flexibility index (Phi) is 5.68. The van der Waals surface area contributed by atoms with Crippen molar-refractivity contribution in [1.29, 1.82) is 0 Å². The second-order valence-electron chi connectivity index (χ2n) is 4.61. The van der Waals surface area contributed by atoms with E-state index in [0.717, 1.165) is 0 Å². The molecule has 4 atom stereocenters. The van der Waals surface area contributed by atoms with Gasteiger partial charge in [-0.1, -0.05) is 44.0 Å². The number of amides is 1. The van der Waals surface area contributed by atoms with E-state index in [2.05, 4.69) is 39.6 Å². The van der Waals surface area contributed by atoms with Crippen molar-refractivity contribution in [2.45, 2.75) is 53.8 Å². The predicted octanol–water partition coefficient (Wildman–Crippen LogP) is 2.50. The molecule has 90 valence electrons. The van der Waals surface area contributed by atoms with Gasteiger partial charge in [0.1, 0.15) is 0 Å². The molecule has 0 radical (unpaired) electrons. The summed E-state index contributed by atoms with van der Waals surface area (Å²) in [5.74, 6) is 0.167. The summed E-state index contributed by atoms with van der Waals surface area (Å²) in [7, 11) is 5.16. The van der Waals surface area contributed by atoms with E-state index < -0.39 is 0 Å². The van der Waals surface area contributed by atoms with E-state index in [4.69, 9.17) is 0 Å². The molecule has 1 amide bonds. The molecule has 1 heterocycles. The summed E-state index contributed by atoms with van der Waals surface area (Å²) in [4.78, 5) is 11.6. The monoisotopic (exact) mass is 250 g/mol. The minimum Gasteiger partial charge on any atom is -0.309 e. The largest absolute Gasteiger partial charge is 0.309 e. The molecule has 5 heteroatoms. The zero-order valence-electron chi connectivity index (χ0n) is 10.6. The van der Waals surface area contributed by atoms with E-state index in [1.54, 1.807) is 4.67 Å². The van der Waals surface area contributed by atoms with Gasteiger partial charge in [-0.15, -0.1) is 0 Å². The zero-order valence-corrected chi connectivity index (χ0v) is 12.9. The van der Waals surface area contributed by atoms with Gasteiger partial charge in [0.25, 0.3) is 0 Å². The van der Waals surface area contributed by atoms with Crippen LogP contribution in [0.4, 0.5) is 0 Å². The Morgan fingerprint density at radius 2 is 1.60 bits per heavy atom. The van der Waals surface area contributed by atoms with E-state index in [-0.39, 0.29) is 23.5 Å². The van der Waals surface area contributed by atoms with Crippen LogP contribution in [0.5, 0.6) is 0 Å². The van der Waals surface area contributed by atoms with Crippen LogP contribution in [0.1, 0.15) is 41.5 Å². The molecule has 1 fully saturated rings. The van der Waals surface area contributed by atoms with Gasteiger partial charge in [-0.3, -0.25) is 9.46 Å². The summed E-state index contributed by atoms with van der Waals surface area (Å²) >= 11 is 0. The molecule has 1 aliphatic heterocycles. The number of hydrogen-bond acceptors (Lipinski definition) is 2. The van der Waals surface area contributed by atoms with Crippen LogP contribution >= 0.6 is 18.8 Å². The van der Waals surface area contributed by atoms with Crippen molar-refractivity contribution in [3.05, 3.63) is 0 Å². The lowest BCUT2D eigenvalue weighted by molar-refractivity contribution is -0.125. The number of hydrogen-bond donors (Lipinski definition) is 0. The number of nitrogens with zero attached hydrogens (tertiary/aromatic N) is 2. The minimum atomic E-state index is -0.0354. The Labute approximate surface area is 98.5 Å². The van der Waals surface area contributed by atoms with Crippen LogP contribution in [0.2, 0.25) is 0 Å². The van der Waals surface area contributed by atoms with Crippen LogP contribution in [0, 0.1) is 5.41 Å². The van der Waals surface area contributed by atoms with Gasteiger partial charge in [0.2, 0.25) is 5.91 Å². The molecule has 4 unspecified atom stereocenters. The second kappa shape index (κ2) is 5.57. The Morgan fingerprint density at radius 3 is 1.73 bits per heavy atom. The fourth-order valence-electron chi connectivity index (χ4n) is 1.68. The summed E-state index contributed by atoms with van der Waals surface area (Å²) in [6.45, 7) is 12.3. The zero-order chi connectivity index (χ0) is 12.4. The molecule has 0 aromatic heterocycles. The van der Waals surface area contributed by atoms with Crippen molar-refractivity contribution in [2.24, 2.45) is 5.41 Å². The van der Waals surface area contributed by atoms with Gasteiger partial charge in [0, 0.05) is 0 Å². The lowest BCUT2D eigenvalue weighted by Gasteiger charge is -2.36. The van der Waals surface area contributed by atoms with Crippen LogP contribution in [0.3, 0.4) is 0 Å². The molecule has 1 saturated heterocycles. The third-order valence-corrected chi connectivity index (χ3v) is 3.65. The molecule has 3 nitrogen and oxygen atoms in total. The van der Waals surface area contributed by atoms with E-state index in [1.165, 1.54) is 0 Å². The molecular weight excluding hydrogens is 226 g/mol. The van der Waals surface area contributed by atoms with E-state index in [0.29, 0.717) is 0 Å². The van der Waals surface area contributed by atoms with Gasteiger partial charge >= 0.3 is 0 Å². The Bertz CT molecular complexity index is 228. The average Bonchev–Trinajstić information content (AvgIpc) is 2.33. The van der Waals surface area contributed by atoms with Gasteiger partial charge in [0.15, 0.2) is 0 Å². The van der Waals surface area contributed by atoms with Gasteiger partial charge in [-0.2, -0.15) is 0 Å². The second-order valence-corrected chi connectivity index (χ2v) is 5.76. The topological polar surface area (TPSA) is 23.6 Å². The quantitative estimate of drug-likeness (QED) is 0.617. The molecule has 1 aliphatic rings. The lowest BCUT2D eigenvalue weighted by atomic mass is 9.93. The standard InChI is InChI=1S/C8H18N2OP2.C2H6/c1-5-6(11)10(13)7(9(5)12)8(2,3)4;1-2/h5,7H,12-13H2,1-4H3;1-2H3. The molecule has 0 N–H and O–H groups in total. The number of carbonyl (C=O) groups is 1. The SMILES string of the molecule is CC.CC1C(=O)N(P)C(C(C)(C)C)N1P. The maximum atomic E-state index is 11.6. The maximum Gasteiger partial charge on any atom is 0.244 e. The van der Waals surface area contributed by atoms with E-state index >= 15 is 0 Å². The van der Waals surface area contributed by atoms with E-state index in [1.807, 2.05) is 25.4 Å². The normalized spacial score (nSPS) is 27.7. The molecule has 15 heavy (non-hydrogen) atoms. The van der Waals surface area contributed by atoms with Crippen LogP contribution in [0.25, 0.3) is 0 Å².